The monoisotopic (exact) mass is 662 g/mol. The van der Waals surface area contributed by atoms with Crippen molar-refractivity contribution in [3.63, 3.8) is 0 Å². The minimum absolute atomic E-state index is 0.00798. The molecule has 1 aromatic rings. The van der Waals surface area contributed by atoms with E-state index in [1.54, 1.807) is 71.9 Å². The van der Waals surface area contributed by atoms with Gasteiger partial charge >= 0.3 is 12.1 Å². The summed E-state index contributed by atoms with van der Waals surface area (Å²) in [5, 5.41) is 12.3. The van der Waals surface area contributed by atoms with Crippen molar-refractivity contribution in [2.24, 2.45) is 29.1 Å². The molecule has 1 aliphatic carbocycles. The first-order valence-electron chi connectivity index (χ1n) is 16.4. The number of ketones is 3. The number of hydrogen-bond acceptors (Lipinski definition) is 7. The molecule has 2 fully saturated rings. The number of benzene rings is 1. The fourth-order valence-electron chi connectivity index (χ4n) is 6.82. The molecule has 1 saturated heterocycles. The van der Waals surface area contributed by atoms with Gasteiger partial charge in [-0.25, -0.2) is 13.6 Å². The molecule has 2 amide bonds. The normalized spacial score (nSPS) is 22.2. The number of amides is 2. The number of fused-ring (bicyclic) bond motifs is 1. The SMILES string of the molecule is CCCC(CC(=O)C1[C@H]2CCC(F)(F)[C@H]2CN1C(=O)[C@@H](NC(=O)OC(C)C)C(C)(C)C)C(=O)C(=O)C[C@H](Cc1ccccc1)C(=O)O. The van der Waals surface area contributed by atoms with E-state index in [-0.39, 0.29) is 19.3 Å². The smallest absolute Gasteiger partial charge is 0.408 e. The van der Waals surface area contributed by atoms with Crippen LogP contribution in [-0.2, 0) is 35.1 Å². The first-order valence-corrected chi connectivity index (χ1v) is 16.4. The lowest BCUT2D eigenvalue weighted by Crippen LogP contribution is -2.57. The molecule has 10 nitrogen and oxygen atoms in total. The van der Waals surface area contributed by atoms with Gasteiger partial charge in [0.25, 0.3) is 5.92 Å². The molecule has 0 spiro atoms. The molecule has 1 aliphatic heterocycles. The van der Waals surface area contributed by atoms with Crippen molar-refractivity contribution in [2.45, 2.75) is 111 Å². The third kappa shape index (κ3) is 9.44. The summed E-state index contributed by atoms with van der Waals surface area (Å²) in [6.45, 7) is 9.71. The molecule has 2 aliphatic rings. The lowest BCUT2D eigenvalue weighted by Gasteiger charge is -2.36. The highest BCUT2D eigenvalue weighted by Crippen LogP contribution is 2.52. The third-order valence-electron chi connectivity index (χ3n) is 9.17. The van der Waals surface area contributed by atoms with E-state index in [1.165, 1.54) is 0 Å². The van der Waals surface area contributed by atoms with Crippen molar-refractivity contribution in [1.82, 2.24) is 10.2 Å². The zero-order valence-electron chi connectivity index (χ0n) is 28.1. The number of rotatable bonds is 15. The molecule has 1 aromatic carbocycles. The van der Waals surface area contributed by atoms with Crippen LogP contribution in [0.25, 0.3) is 0 Å². The van der Waals surface area contributed by atoms with E-state index < -0.39 is 114 Å². The molecule has 0 radical (unpaired) electrons. The van der Waals surface area contributed by atoms with Gasteiger partial charge in [0, 0.05) is 37.6 Å². The molecule has 12 heteroatoms. The molecular formula is C35H48F2N2O8. The Morgan fingerprint density at radius 1 is 1.04 bits per heavy atom. The van der Waals surface area contributed by atoms with E-state index in [4.69, 9.17) is 4.74 Å². The first kappa shape index (κ1) is 37.8. The largest absolute Gasteiger partial charge is 0.481 e. The number of Topliss-reactive ketones (excluding diaryl/α,β-unsaturated/α-hetero) is 3. The van der Waals surface area contributed by atoms with Gasteiger partial charge in [0.05, 0.1) is 18.1 Å². The first-order chi connectivity index (χ1) is 21.9. The van der Waals surface area contributed by atoms with Crippen LogP contribution in [0.15, 0.2) is 30.3 Å². The maximum absolute atomic E-state index is 15.0. The van der Waals surface area contributed by atoms with Gasteiger partial charge in [-0.2, -0.15) is 0 Å². The molecule has 0 aromatic heterocycles. The number of likely N-dealkylation sites (tertiary alicyclic amines) is 1. The average molecular weight is 663 g/mol. The Balaban J connectivity index is 1.86. The Morgan fingerprint density at radius 3 is 2.23 bits per heavy atom. The van der Waals surface area contributed by atoms with Gasteiger partial charge in [-0.05, 0) is 50.0 Å². The lowest BCUT2D eigenvalue weighted by molar-refractivity contribution is -0.146. The van der Waals surface area contributed by atoms with Crippen LogP contribution < -0.4 is 5.32 Å². The molecule has 0 bridgehead atoms. The molecular weight excluding hydrogens is 614 g/mol. The van der Waals surface area contributed by atoms with Gasteiger partial charge in [0.1, 0.15) is 6.04 Å². The number of ether oxygens (including phenoxy) is 1. The van der Waals surface area contributed by atoms with Crippen LogP contribution in [0.3, 0.4) is 0 Å². The van der Waals surface area contributed by atoms with Gasteiger partial charge in [-0.3, -0.25) is 24.0 Å². The van der Waals surface area contributed by atoms with Crippen molar-refractivity contribution >= 4 is 35.3 Å². The molecule has 260 valence electrons. The number of hydrogen-bond donors (Lipinski definition) is 2. The maximum Gasteiger partial charge on any atom is 0.408 e. The highest BCUT2D eigenvalue weighted by Gasteiger charge is 2.61. The van der Waals surface area contributed by atoms with Crippen molar-refractivity contribution in [1.29, 1.82) is 0 Å². The van der Waals surface area contributed by atoms with Crippen molar-refractivity contribution in [2.75, 3.05) is 6.54 Å². The Bertz CT molecular complexity index is 1330. The zero-order valence-corrected chi connectivity index (χ0v) is 28.1. The summed E-state index contributed by atoms with van der Waals surface area (Å²) >= 11 is 0. The topological polar surface area (TPSA) is 147 Å². The van der Waals surface area contributed by atoms with Gasteiger partial charge in [-0.1, -0.05) is 64.4 Å². The Kier molecular flexibility index (Phi) is 12.4. The Labute approximate surface area is 275 Å². The van der Waals surface area contributed by atoms with Crippen molar-refractivity contribution < 1.29 is 47.4 Å². The standard InChI is InChI=1S/C35H48F2N2O8/c1-7-11-22(29(42)27(41)18-23(32(44)45)16-21-12-9-8-10-13-21)17-26(40)28-24-14-15-35(36,37)25(24)19-39(28)31(43)30(34(4,5)6)38-33(46)47-20(2)3/h8-10,12-13,20,22-25,28,30H,7,11,14-19H2,1-6H3,(H,38,46)(H,44,45)/t22?,23-,24-,25-,28?,30+/m0/s1. The summed E-state index contributed by atoms with van der Waals surface area (Å²) in [6.07, 6.45) is -2.19. The predicted octanol–water partition coefficient (Wildman–Crippen LogP) is 5.26. The summed E-state index contributed by atoms with van der Waals surface area (Å²) in [4.78, 5) is 80.3. The predicted molar refractivity (Wildman–Crippen MR) is 169 cm³/mol. The fourth-order valence-corrected chi connectivity index (χ4v) is 6.82. The number of carboxylic acid groups (broad SMARTS) is 1. The minimum atomic E-state index is -3.11. The molecule has 1 saturated carbocycles. The highest BCUT2D eigenvalue weighted by atomic mass is 19.3. The zero-order chi connectivity index (χ0) is 35.3. The molecule has 3 rings (SSSR count). The third-order valence-corrected chi connectivity index (χ3v) is 9.17. The van der Waals surface area contributed by atoms with E-state index >= 15 is 8.78 Å². The van der Waals surface area contributed by atoms with Gasteiger partial charge in [0.2, 0.25) is 11.7 Å². The van der Waals surface area contributed by atoms with Crippen LogP contribution in [0.5, 0.6) is 0 Å². The number of carbonyl (C=O) groups excluding carboxylic acids is 5. The fraction of sp³-hybridized carbons (Fsp3) is 0.657. The van der Waals surface area contributed by atoms with E-state index in [0.29, 0.717) is 12.0 Å². The van der Waals surface area contributed by atoms with Gasteiger partial charge in [-0.15, -0.1) is 0 Å². The summed E-state index contributed by atoms with van der Waals surface area (Å²) in [5.74, 6) is -11.8. The number of nitrogens with one attached hydrogen (secondary N) is 1. The van der Waals surface area contributed by atoms with E-state index in [9.17, 15) is 33.9 Å². The summed E-state index contributed by atoms with van der Waals surface area (Å²) in [6, 6.07) is 6.22. The van der Waals surface area contributed by atoms with Crippen molar-refractivity contribution in [3.05, 3.63) is 35.9 Å². The summed E-state index contributed by atoms with van der Waals surface area (Å²) < 4.78 is 35.2. The van der Waals surface area contributed by atoms with Crippen LogP contribution in [0.4, 0.5) is 13.6 Å². The minimum Gasteiger partial charge on any atom is -0.481 e. The molecule has 6 atom stereocenters. The van der Waals surface area contributed by atoms with E-state index in [1.807, 2.05) is 0 Å². The number of alkyl halides is 2. The number of carboxylic acids is 1. The van der Waals surface area contributed by atoms with Crippen LogP contribution >= 0.6 is 0 Å². The number of aliphatic carboxylic acids is 1. The number of alkyl carbamates (subject to hydrolysis) is 1. The Morgan fingerprint density at radius 2 is 1.68 bits per heavy atom. The van der Waals surface area contributed by atoms with Gasteiger partial charge < -0.3 is 20.1 Å². The second-order valence-corrected chi connectivity index (χ2v) is 14.3. The number of carbonyl (C=O) groups is 6. The van der Waals surface area contributed by atoms with Crippen LogP contribution in [-0.4, -0.2) is 76.0 Å². The Hall–Kier alpha value is -3.70. The maximum atomic E-state index is 15.0. The second-order valence-electron chi connectivity index (χ2n) is 14.3. The quantitative estimate of drug-likeness (QED) is 0.242. The summed E-state index contributed by atoms with van der Waals surface area (Å²) in [7, 11) is 0. The summed E-state index contributed by atoms with van der Waals surface area (Å²) in [5.41, 5.74) is -0.191. The van der Waals surface area contributed by atoms with E-state index in [2.05, 4.69) is 5.32 Å². The molecule has 2 unspecified atom stereocenters. The molecule has 47 heavy (non-hydrogen) atoms. The van der Waals surface area contributed by atoms with Crippen LogP contribution in [0.1, 0.15) is 85.6 Å². The lowest BCUT2D eigenvalue weighted by atomic mass is 9.82. The highest BCUT2D eigenvalue weighted by molar-refractivity contribution is 6.38. The number of nitrogens with zero attached hydrogens (tertiary/aromatic N) is 1. The molecule has 2 N–H and O–H groups in total. The van der Waals surface area contributed by atoms with Crippen molar-refractivity contribution in [3.8, 4) is 0 Å². The van der Waals surface area contributed by atoms with Crippen LogP contribution in [0, 0.1) is 29.1 Å². The van der Waals surface area contributed by atoms with E-state index in [0.717, 1.165) is 4.90 Å². The molecule has 1 heterocycles. The second kappa shape index (κ2) is 15.5. The van der Waals surface area contributed by atoms with Crippen LogP contribution in [0.2, 0.25) is 0 Å². The average Bonchev–Trinajstić information content (AvgIpc) is 3.51. The number of halogens is 2. The van der Waals surface area contributed by atoms with Gasteiger partial charge in [0.15, 0.2) is 11.6 Å².